The molecule has 94 valence electrons. The van der Waals surface area contributed by atoms with Crippen LogP contribution in [-0.2, 0) is 15.8 Å². The molecule has 0 aliphatic carbocycles. The minimum atomic E-state index is -3.33. The highest BCUT2D eigenvalue weighted by molar-refractivity contribution is 7.88. The monoisotopic (exact) mass is 257 g/mol. The van der Waals surface area contributed by atoms with Crippen molar-refractivity contribution in [3.05, 3.63) is 47.8 Å². The van der Waals surface area contributed by atoms with E-state index in [1.54, 1.807) is 0 Å². The Morgan fingerprint density at radius 2 is 1.94 bits per heavy atom. The molecule has 1 N–H and O–H groups in total. The van der Waals surface area contributed by atoms with Gasteiger partial charge < -0.3 is 0 Å². The maximum Gasteiger partial charge on any atom is 0.215 e. The molecule has 0 aliphatic heterocycles. The maximum absolute atomic E-state index is 12.6. The molecule has 5 heteroatoms. The number of halogens is 1. The maximum atomic E-state index is 12.6. The van der Waals surface area contributed by atoms with Crippen LogP contribution in [0.1, 0.15) is 18.9 Å². The molecule has 0 amide bonds. The average Bonchev–Trinajstić information content (AvgIpc) is 2.27. The first-order valence-corrected chi connectivity index (χ1v) is 7.01. The molecule has 0 saturated heterocycles. The summed E-state index contributed by atoms with van der Waals surface area (Å²) in [6.07, 6.45) is 4.42. The van der Waals surface area contributed by atoms with Gasteiger partial charge in [-0.1, -0.05) is 24.3 Å². The van der Waals surface area contributed by atoms with Crippen LogP contribution in [0.5, 0.6) is 0 Å². The number of nitrogens with one attached hydrogen (secondary N) is 1. The van der Waals surface area contributed by atoms with Crippen LogP contribution in [0.15, 0.2) is 36.4 Å². The quantitative estimate of drug-likeness (QED) is 0.627. The van der Waals surface area contributed by atoms with Crippen molar-refractivity contribution >= 4 is 10.0 Å². The molecular formula is C12H16FNO2S. The topological polar surface area (TPSA) is 46.2 Å². The fourth-order valence-corrected chi connectivity index (χ4v) is 2.48. The van der Waals surface area contributed by atoms with Gasteiger partial charge in [0.1, 0.15) is 5.82 Å². The smallest absolute Gasteiger partial charge is 0.215 e. The molecule has 0 atom stereocenters. The fraction of sp³-hybridized carbons (Fsp3) is 0.333. The van der Waals surface area contributed by atoms with E-state index in [4.69, 9.17) is 0 Å². The first-order chi connectivity index (χ1) is 8.03. The molecule has 0 saturated carbocycles. The van der Waals surface area contributed by atoms with Gasteiger partial charge in [-0.15, -0.1) is 0 Å². The lowest BCUT2D eigenvalue weighted by Gasteiger charge is -2.05. The summed E-state index contributed by atoms with van der Waals surface area (Å²) in [6, 6.07) is 5.45. The van der Waals surface area contributed by atoms with Gasteiger partial charge in [-0.2, -0.15) is 0 Å². The molecule has 1 aromatic rings. The Morgan fingerprint density at radius 1 is 1.29 bits per heavy atom. The zero-order valence-corrected chi connectivity index (χ0v) is 10.5. The van der Waals surface area contributed by atoms with Gasteiger partial charge in [-0.05, 0) is 31.0 Å². The summed E-state index contributed by atoms with van der Waals surface area (Å²) in [7, 11) is -3.33. The molecule has 0 radical (unpaired) electrons. The van der Waals surface area contributed by atoms with Crippen LogP contribution in [0, 0.1) is 5.82 Å². The second kappa shape index (κ2) is 6.51. The van der Waals surface area contributed by atoms with E-state index in [0.29, 0.717) is 18.5 Å². The predicted octanol–water partition coefficient (Wildman–Crippen LogP) is 2.21. The number of rotatable bonds is 6. The van der Waals surface area contributed by atoms with Crippen LogP contribution in [0.25, 0.3) is 0 Å². The van der Waals surface area contributed by atoms with Gasteiger partial charge in [0.05, 0.1) is 5.75 Å². The lowest BCUT2D eigenvalue weighted by molar-refractivity contribution is 0.581. The Balaban J connectivity index is 2.51. The third kappa shape index (κ3) is 5.60. The van der Waals surface area contributed by atoms with E-state index in [1.807, 2.05) is 19.1 Å². The fourth-order valence-electron chi connectivity index (χ4n) is 1.32. The second-order valence-corrected chi connectivity index (χ2v) is 5.44. The molecule has 1 aromatic carbocycles. The molecule has 1 rings (SSSR count). The first-order valence-electron chi connectivity index (χ1n) is 5.36. The highest BCUT2D eigenvalue weighted by Crippen LogP contribution is 2.06. The molecule has 0 fully saturated rings. The number of allylic oxidation sites excluding steroid dienone is 1. The van der Waals surface area contributed by atoms with Crippen LogP contribution in [0.3, 0.4) is 0 Å². The van der Waals surface area contributed by atoms with Gasteiger partial charge >= 0.3 is 0 Å². The number of hydrogen-bond donors (Lipinski definition) is 1. The number of hydrogen-bond acceptors (Lipinski definition) is 2. The van der Waals surface area contributed by atoms with E-state index in [9.17, 15) is 12.8 Å². The molecule has 0 unspecified atom stereocenters. The van der Waals surface area contributed by atoms with Crippen molar-refractivity contribution in [3.63, 3.8) is 0 Å². The van der Waals surface area contributed by atoms with Crippen molar-refractivity contribution < 1.29 is 12.8 Å². The largest absolute Gasteiger partial charge is 0.215 e. The Morgan fingerprint density at radius 3 is 2.53 bits per heavy atom. The minimum absolute atomic E-state index is 0.122. The van der Waals surface area contributed by atoms with E-state index in [1.165, 1.54) is 24.3 Å². The van der Waals surface area contributed by atoms with Crippen LogP contribution >= 0.6 is 0 Å². The molecule has 0 heterocycles. The zero-order valence-electron chi connectivity index (χ0n) is 9.69. The van der Waals surface area contributed by atoms with Gasteiger partial charge in [0.25, 0.3) is 0 Å². The van der Waals surface area contributed by atoms with Crippen molar-refractivity contribution in [1.29, 1.82) is 0 Å². The summed E-state index contributed by atoms with van der Waals surface area (Å²) in [5.74, 6) is -0.490. The van der Waals surface area contributed by atoms with Gasteiger partial charge in [-0.25, -0.2) is 17.5 Å². The summed E-state index contributed by atoms with van der Waals surface area (Å²) in [6.45, 7) is 2.26. The summed E-state index contributed by atoms with van der Waals surface area (Å²) in [5, 5.41) is 0. The second-order valence-electron chi connectivity index (χ2n) is 3.64. The molecule has 17 heavy (non-hydrogen) atoms. The van der Waals surface area contributed by atoms with Crippen LogP contribution in [-0.4, -0.2) is 15.0 Å². The van der Waals surface area contributed by atoms with Crippen molar-refractivity contribution in [2.24, 2.45) is 0 Å². The molecule has 3 nitrogen and oxygen atoms in total. The molecule has 0 aliphatic rings. The molecule has 0 spiro atoms. The van der Waals surface area contributed by atoms with Crippen molar-refractivity contribution in [2.75, 3.05) is 6.54 Å². The number of benzene rings is 1. The zero-order chi connectivity index (χ0) is 12.7. The first kappa shape index (κ1) is 13.9. The Hall–Kier alpha value is -1.20. The SMILES string of the molecule is C/C=C/CCNS(=O)(=O)Cc1ccc(F)cc1. The van der Waals surface area contributed by atoms with Crippen molar-refractivity contribution in [1.82, 2.24) is 4.72 Å². The average molecular weight is 257 g/mol. The van der Waals surface area contributed by atoms with Gasteiger partial charge in [0.15, 0.2) is 0 Å². The lowest BCUT2D eigenvalue weighted by Crippen LogP contribution is -2.25. The minimum Gasteiger partial charge on any atom is -0.215 e. The van der Waals surface area contributed by atoms with Crippen LogP contribution in [0.4, 0.5) is 4.39 Å². The Labute approximate surface area is 101 Å². The van der Waals surface area contributed by atoms with E-state index >= 15 is 0 Å². The van der Waals surface area contributed by atoms with E-state index in [-0.39, 0.29) is 11.6 Å². The van der Waals surface area contributed by atoms with E-state index < -0.39 is 10.0 Å². The highest BCUT2D eigenvalue weighted by Gasteiger charge is 2.10. The van der Waals surface area contributed by atoms with Crippen molar-refractivity contribution in [3.8, 4) is 0 Å². The predicted molar refractivity (Wildman–Crippen MR) is 66.5 cm³/mol. The summed E-state index contributed by atoms with van der Waals surface area (Å²) in [5.41, 5.74) is 0.574. The van der Waals surface area contributed by atoms with Gasteiger partial charge in [-0.3, -0.25) is 0 Å². The molecule has 0 aromatic heterocycles. The molecular weight excluding hydrogens is 241 g/mol. The Kier molecular flexibility index (Phi) is 5.31. The van der Waals surface area contributed by atoms with E-state index in [0.717, 1.165) is 0 Å². The molecule has 0 bridgehead atoms. The Bertz CT molecular complexity index is 466. The summed E-state index contributed by atoms with van der Waals surface area (Å²) < 4.78 is 38.4. The number of sulfonamides is 1. The summed E-state index contributed by atoms with van der Waals surface area (Å²) in [4.78, 5) is 0. The van der Waals surface area contributed by atoms with Crippen LogP contribution in [0.2, 0.25) is 0 Å². The van der Waals surface area contributed by atoms with Gasteiger partial charge in [0, 0.05) is 6.54 Å². The standard InChI is InChI=1S/C12H16FNO2S/c1-2-3-4-9-14-17(15,16)10-11-5-7-12(13)8-6-11/h2-3,5-8,14H,4,9-10H2,1H3/b3-2+. The lowest BCUT2D eigenvalue weighted by atomic mass is 10.2. The van der Waals surface area contributed by atoms with Gasteiger partial charge in [0.2, 0.25) is 10.0 Å². The summed E-state index contributed by atoms with van der Waals surface area (Å²) >= 11 is 0. The third-order valence-corrected chi connectivity index (χ3v) is 3.50. The van der Waals surface area contributed by atoms with Crippen molar-refractivity contribution in [2.45, 2.75) is 19.1 Å². The normalized spacial score (nSPS) is 12.1. The van der Waals surface area contributed by atoms with E-state index in [2.05, 4.69) is 4.72 Å². The van der Waals surface area contributed by atoms with Crippen LogP contribution < -0.4 is 4.72 Å². The third-order valence-electron chi connectivity index (χ3n) is 2.14. The highest BCUT2D eigenvalue weighted by atomic mass is 32.2.